The molecule has 1 saturated heterocycles. The molecule has 1 aliphatic carbocycles. The van der Waals surface area contributed by atoms with Gasteiger partial charge in [-0.05, 0) is 68.6 Å². The number of ether oxygens (including phenoxy) is 1. The van der Waals surface area contributed by atoms with E-state index in [1.54, 1.807) is 31.4 Å². The predicted molar refractivity (Wildman–Crippen MR) is 126 cm³/mol. The number of carbonyl (C=O) groups excluding carboxylic acids is 1. The van der Waals surface area contributed by atoms with Gasteiger partial charge in [0.1, 0.15) is 11.5 Å². The van der Waals surface area contributed by atoms with Crippen molar-refractivity contribution < 1.29 is 19.7 Å². The number of allylic oxidation sites excluding steroid dienone is 7. The molecule has 1 aromatic carbocycles. The van der Waals surface area contributed by atoms with Crippen LogP contribution in [0.25, 0.3) is 6.08 Å². The standard InChI is InChI=1S/C17H23NO2.C9H10O2/c1-3-4-8-14-9-10-16(19)15(17(14)20-2)13-18-11-6-5-7-12-18;10-7-3-5-8-4-1-2-6-9(8)11/h3-4,8-10,19H,1,5-7,11-13H2,2H3;2-3,5-7,10H,1,4H2/b8-4-;7-3+,8-5-. The van der Waals surface area contributed by atoms with Crippen LogP contribution in [0.1, 0.15) is 43.2 Å². The number of phenolic OH excluding ortho intramolecular Hbond substituents is 1. The Hall–Kier alpha value is -3.05. The summed E-state index contributed by atoms with van der Waals surface area (Å²) < 4.78 is 5.52. The van der Waals surface area contributed by atoms with E-state index in [0.717, 1.165) is 61.2 Å². The van der Waals surface area contributed by atoms with E-state index in [0.29, 0.717) is 5.75 Å². The highest BCUT2D eigenvalue weighted by atomic mass is 16.5. The Morgan fingerprint density at radius 2 is 1.97 bits per heavy atom. The summed E-state index contributed by atoms with van der Waals surface area (Å²) >= 11 is 0. The van der Waals surface area contributed by atoms with Crippen molar-refractivity contribution in [1.82, 2.24) is 4.90 Å². The van der Waals surface area contributed by atoms with Gasteiger partial charge in [0.05, 0.1) is 18.9 Å². The highest BCUT2D eigenvalue weighted by Gasteiger charge is 2.17. The Kier molecular flexibility index (Phi) is 10.4. The molecular formula is C26H33NO4. The number of carbonyl (C=O) groups is 1. The van der Waals surface area contributed by atoms with Crippen molar-refractivity contribution in [3.8, 4) is 11.5 Å². The first-order chi connectivity index (χ1) is 15.1. The second kappa shape index (κ2) is 13.3. The molecule has 5 nitrogen and oxygen atoms in total. The van der Waals surface area contributed by atoms with Gasteiger partial charge in [-0.2, -0.15) is 0 Å². The smallest absolute Gasteiger partial charge is 0.181 e. The first-order valence-corrected chi connectivity index (χ1v) is 10.7. The van der Waals surface area contributed by atoms with Crippen LogP contribution in [0.3, 0.4) is 0 Å². The molecule has 166 valence electrons. The van der Waals surface area contributed by atoms with E-state index in [9.17, 15) is 9.90 Å². The number of likely N-dealkylation sites (tertiary alicyclic amines) is 1. The van der Waals surface area contributed by atoms with Crippen molar-refractivity contribution in [2.24, 2.45) is 0 Å². The van der Waals surface area contributed by atoms with Gasteiger partial charge in [0, 0.05) is 12.1 Å². The van der Waals surface area contributed by atoms with E-state index in [4.69, 9.17) is 9.84 Å². The van der Waals surface area contributed by atoms with Crippen molar-refractivity contribution in [2.45, 2.75) is 38.6 Å². The zero-order chi connectivity index (χ0) is 22.5. The van der Waals surface area contributed by atoms with Gasteiger partial charge in [-0.1, -0.05) is 43.4 Å². The van der Waals surface area contributed by atoms with Crippen LogP contribution in [0.4, 0.5) is 0 Å². The first kappa shape index (κ1) is 24.2. The molecule has 0 bridgehead atoms. The maximum Gasteiger partial charge on any atom is 0.181 e. The van der Waals surface area contributed by atoms with Crippen LogP contribution < -0.4 is 4.74 Å². The average molecular weight is 424 g/mol. The highest BCUT2D eigenvalue weighted by Crippen LogP contribution is 2.34. The van der Waals surface area contributed by atoms with Gasteiger partial charge in [0.25, 0.3) is 0 Å². The molecule has 1 aromatic rings. The maximum atomic E-state index is 11.0. The van der Waals surface area contributed by atoms with E-state index in [1.807, 2.05) is 24.3 Å². The molecule has 1 heterocycles. The van der Waals surface area contributed by atoms with Crippen LogP contribution in [0.2, 0.25) is 0 Å². The number of rotatable bonds is 6. The molecular weight excluding hydrogens is 390 g/mol. The minimum absolute atomic E-state index is 0.0503. The number of hydrogen-bond acceptors (Lipinski definition) is 5. The predicted octanol–water partition coefficient (Wildman–Crippen LogP) is 5.49. The molecule has 1 aliphatic heterocycles. The summed E-state index contributed by atoms with van der Waals surface area (Å²) in [4.78, 5) is 13.4. The number of hydrogen-bond donors (Lipinski definition) is 2. The first-order valence-electron chi connectivity index (χ1n) is 10.7. The Morgan fingerprint density at radius 3 is 2.61 bits per heavy atom. The fourth-order valence-corrected chi connectivity index (χ4v) is 3.66. The monoisotopic (exact) mass is 423 g/mol. The van der Waals surface area contributed by atoms with Crippen molar-refractivity contribution in [3.05, 3.63) is 78.1 Å². The lowest BCUT2D eigenvalue weighted by molar-refractivity contribution is -0.111. The van der Waals surface area contributed by atoms with E-state index < -0.39 is 0 Å². The number of phenols is 1. The lowest BCUT2D eigenvalue weighted by Crippen LogP contribution is -2.29. The number of aliphatic hydroxyl groups is 1. The molecule has 2 aliphatic rings. The molecule has 5 heteroatoms. The summed E-state index contributed by atoms with van der Waals surface area (Å²) in [5.41, 5.74) is 2.61. The lowest BCUT2D eigenvalue weighted by atomic mass is 10.00. The fraction of sp³-hybridized carbons (Fsp3) is 0.346. The van der Waals surface area contributed by atoms with Gasteiger partial charge in [-0.15, -0.1) is 0 Å². The minimum atomic E-state index is 0.0503. The maximum absolute atomic E-state index is 11.0. The van der Waals surface area contributed by atoms with Crippen molar-refractivity contribution in [2.75, 3.05) is 20.2 Å². The summed E-state index contributed by atoms with van der Waals surface area (Å²) in [5.74, 6) is 1.12. The summed E-state index contributed by atoms with van der Waals surface area (Å²) in [7, 11) is 1.65. The Balaban J connectivity index is 0.000000262. The number of aromatic hydroxyl groups is 1. The zero-order valence-corrected chi connectivity index (χ0v) is 18.3. The van der Waals surface area contributed by atoms with Gasteiger partial charge in [0.15, 0.2) is 5.78 Å². The largest absolute Gasteiger partial charge is 0.516 e. The van der Waals surface area contributed by atoms with E-state index in [-0.39, 0.29) is 5.78 Å². The topological polar surface area (TPSA) is 70.0 Å². The molecule has 31 heavy (non-hydrogen) atoms. The quantitative estimate of drug-likeness (QED) is 0.360. The van der Waals surface area contributed by atoms with Gasteiger partial charge in [0.2, 0.25) is 0 Å². The summed E-state index contributed by atoms with van der Waals surface area (Å²) in [5, 5.41) is 18.5. The van der Waals surface area contributed by atoms with Crippen LogP contribution in [-0.2, 0) is 11.3 Å². The highest BCUT2D eigenvalue weighted by molar-refractivity contribution is 6.04. The second-order valence-electron chi connectivity index (χ2n) is 7.46. The molecule has 0 unspecified atom stereocenters. The van der Waals surface area contributed by atoms with Gasteiger partial charge in [-0.3, -0.25) is 9.69 Å². The van der Waals surface area contributed by atoms with Crippen molar-refractivity contribution >= 4 is 11.9 Å². The number of methoxy groups -OCH3 is 1. The summed E-state index contributed by atoms with van der Waals surface area (Å²) in [6.45, 7) is 6.61. The number of ketones is 1. The minimum Gasteiger partial charge on any atom is -0.516 e. The van der Waals surface area contributed by atoms with Crippen LogP contribution >= 0.6 is 0 Å². The van der Waals surface area contributed by atoms with E-state index in [2.05, 4.69) is 11.5 Å². The van der Waals surface area contributed by atoms with E-state index >= 15 is 0 Å². The van der Waals surface area contributed by atoms with Gasteiger partial charge in [-0.25, -0.2) is 0 Å². The van der Waals surface area contributed by atoms with Gasteiger partial charge < -0.3 is 14.9 Å². The summed E-state index contributed by atoms with van der Waals surface area (Å²) in [6.07, 6.45) is 18.5. The number of nitrogens with zero attached hydrogens (tertiary/aromatic N) is 1. The molecule has 0 aromatic heterocycles. The van der Waals surface area contributed by atoms with Crippen LogP contribution in [-0.4, -0.2) is 41.1 Å². The van der Waals surface area contributed by atoms with Crippen LogP contribution in [0.15, 0.2) is 67.0 Å². The van der Waals surface area contributed by atoms with Gasteiger partial charge >= 0.3 is 0 Å². The number of benzene rings is 1. The average Bonchev–Trinajstić information content (AvgIpc) is 2.80. The van der Waals surface area contributed by atoms with Crippen molar-refractivity contribution in [1.29, 1.82) is 0 Å². The molecule has 0 amide bonds. The third kappa shape index (κ3) is 7.61. The Bertz CT molecular complexity index is 858. The fourth-order valence-electron chi connectivity index (χ4n) is 3.66. The van der Waals surface area contributed by atoms with Crippen LogP contribution in [0, 0.1) is 0 Å². The third-order valence-electron chi connectivity index (χ3n) is 5.26. The second-order valence-corrected chi connectivity index (χ2v) is 7.46. The molecule has 1 fully saturated rings. The lowest BCUT2D eigenvalue weighted by Gasteiger charge is -2.27. The Morgan fingerprint density at radius 1 is 1.19 bits per heavy atom. The zero-order valence-electron chi connectivity index (χ0n) is 18.3. The molecule has 3 rings (SSSR count). The molecule has 0 saturated carbocycles. The Labute approximate surface area is 185 Å². The molecule has 2 N–H and O–H groups in total. The molecule has 0 radical (unpaired) electrons. The number of aliphatic hydroxyl groups excluding tert-OH is 1. The third-order valence-corrected chi connectivity index (χ3v) is 5.26. The van der Waals surface area contributed by atoms with E-state index in [1.165, 1.54) is 25.3 Å². The molecule has 0 atom stereocenters. The SMILES string of the molecule is C=C/C=C\c1ccc(O)c(CN2CCCCC2)c1OC.O=C1C=CCC/C1=C/C=C/O. The molecule has 0 spiro atoms. The number of piperidine rings is 1. The van der Waals surface area contributed by atoms with Crippen LogP contribution in [0.5, 0.6) is 11.5 Å². The normalized spacial score (nSPS) is 18.4. The van der Waals surface area contributed by atoms with Crippen molar-refractivity contribution in [3.63, 3.8) is 0 Å². The summed E-state index contributed by atoms with van der Waals surface area (Å²) in [6, 6.07) is 3.61.